The predicted molar refractivity (Wildman–Crippen MR) is 83.0 cm³/mol. The van der Waals surface area contributed by atoms with E-state index in [1.807, 2.05) is 5.38 Å². The quantitative estimate of drug-likeness (QED) is 0.433. The van der Waals surface area contributed by atoms with Gasteiger partial charge in [-0.05, 0) is 25.7 Å². The van der Waals surface area contributed by atoms with Crippen LogP contribution in [0, 0.1) is 12.3 Å². The molecule has 1 amide bonds. The minimum atomic E-state index is -0.217. The first-order valence-corrected chi connectivity index (χ1v) is 7.78. The normalized spacial score (nSPS) is 9.90. The number of amides is 1. The molecule has 0 radical (unpaired) electrons. The van der Waals surface area contributed by atoms with Crippen LogP contribution in [0.4, 0.5) is 5.13 Å². The van der Waals surface area contributed by atoms with Crippen LogP contribution in [0.2, 0.25) is 0 Å². The molecule has 0 aliphatic rings. The Bertz CT molecular complexity index is 505. The van der Waals surface area contributed by atoms with Crippen molar-refractivity contribution >= 4 is 28.3 Å². The maximum Gasteiger partial charge on any atom is 0.305 e. The molecular weight excluding hydrogens is 288 g/mol. The fourth-order valence-corrected chi connectivity index (χ4v) is 2.45. The standard InChI is InChI=1S/C15H20N2O3S/c1-3-4-5-6-9-13(18)17-15-16-12(11-21-15)8-7-10-14(19)20-2/h1,11H,4-10H2,2H3,(H,16,17,18). The predicted octanol–water partition coefficient (Wildman–Crippen LogP) is 2.77. The number of unbranched alkanes of at least 4 members (excludes halogenated alkanes) is 2. The summed E-state index contributed by atoms with van der Waals surface area (Å²) in [7, 11) is 1.38. The van der Waals surface area contributed by atoms with E-state index in [4.69, 9.17) is 6.42 Å². The summed E-state index contributed by atoms with van der Waals surface area (Å²) >= 11 is 1.39. The summed E-state index contributed by atoms with van der Waals surface area (Å²) in [6.45, 7) is 0. The van der Waals surface area contributed by atoms with Crippen LogP contribution in [0.3, 0.4) is 0 Å². The first kappa shape index (κ1) is 17.2. The van der Waals surface area contributed by atoms with Crippen molar-refractivity contribution in [2.75, 3.05) is 12.4 Å². The van der Waals surface area contributed by atoms with E-state index >= 15 is 0 Å². The summed E-state index contributed by atoms with van der Waals surface area (Å²) in [6, 6.07) is 0. The minimum Gasteiger partial charge on any atom is -0.469 e. The summed E-state index contributed by atoms with van der Waals surface area (Å²) < 4.78 is 4.57. The van der Waals surface area contributed by atoms with Gasteiger partial charge in [0.25, 0.3) is 0 Å². The monoisotopic (exact) mass is 308 g/mol. The molecule has 0 aromatic carbocycles. The van der Waals surface area contributed by atoms with Crippen molar-refractivity contribution in [1.29, 1.82) is 0 Å². The molecule has 0 atom stereocenters. The summed E-state index contributed by atoms with van der Waals surface area (Å²) in [4.78, 5) is 27.0. The average molecular weight is 308 g/mol. The van der Waals surface area contributed by atoms with Crippen LogP contribution in [0.5, 0.6) is 0 Å². The molecule has 0 spiro atoms. The third kappa shape index (κ3) is 7.47. The molecule has 0 aliphatic carbocycles. The number of carbonyl (C=O) groups excluding carboxylic acids is 2. The first-order chi connectivity index (χ1) is 10.2. The number of ether oxygens (including phenoxy) is 1. The molecule has 0 fully saturated rings. The second-order valence-corrected chi connectivity index (χ2v) is 5.39. The Morgan fingerprint density at radius 1 is 1.38 bits per heavy atom. The van der Waals surface area contributed by atoms with Crippen LogP contribution < -0.4 is 5.32 Å². The van der Waals surface area contributed by atoms with E-state index < -0.39 is 0 Å². The molecule has 0 bridgehead atoms. The van der Waals surface area contributed by atoms with Gasteiger partial charge in [-0.25, -0.2) is 4.98 Å². The van der Waals surface area contributed by atoms with Gasteiger partial charge >= 0.3 is 5.97 Å². The van der Waals surface area contributed by atoms with E-state index in [0.717, 1.165) is 18.5 Å². The Labute approximate surface area is 129 Å². The van der Waals surface area contributed by atoms with Gasteiger partial charge in [-0.3, -0.25) is 9.59 Å². The molecule has 114 valence electrons. The smallest absolute Gasteiger partial charge is 0.305 e. The van der Waals surface area contributed by atoms with Gasteiger partial charge in [0.2, 0.25) is 5.91 Å². The third-order valence-electron chi connectivity index (χ3n) is 2.81. The molecule has 5 nitrogen and oxygen atoms in total. The largest absolute Gasteiger partial charge is 0.469 e. The van der Waals surface area contributed by atoms with Crippen LogP contribution in [-0.4, -0.2) is 24.0 Å². The summed E-state index contributed by atoms with van der Waals surface area (Å²) in [5, 5.41) is 5.27. The lowest BCUT2D eigenvalue weighted by atomic mass is 10.2. The minimum absolute atomic E-state index is 0.0394. The van der Waals surface area contributed by atoms with Gasteiger partial charge < -0.3 is 10.1 Å². The van der Waals surface area contributed by atoms with Crippen LogP contribution >= 0.6 is 11.3 Å². The van der Waals surface area contributed by atoms with Gasteiger partial charge in [0, 0.05) is 24.6 Å². The number of anilines is 1. The summed E-state index contributed by atoms with van der Waals surface area (Å²) in [5.74, 6) is 2.29. The van der Waals surface area contributed by atoms with Crippen molar-refractivity contribution in [1.82, 2.24) is 4.98 Å². The zero-order valence-corrected chi connectivity index (χ0v) is 13.0. The van der Waals surface area contributed by atoms with Gasteiger partial charge in [-0.2, -0.15) is 0 Å². The Morgan fingerprint density at radius 2 is 2.19 bits per heavy atom. The molecule has 1 N–H and O–H groups in total. The Kier molecular flexibility index (Phi) is 8.14. The highest BCUT2D eigenvalue weighted by molar-refractivity contribution is 7.13. The maximum atomic E-state index is 11.7. The lowest BCUT2D eigenvalue weighted by Gasteiger charge is -2.00. The number of carbonyl (C=O) groups is 2. The Hall–Kier alpha value is -1.87. The second kappa shape index (κ2) is 9.94. The van der Waals surface area contributed by atoms with Gasteiger partial charge in [0.05, 0.1) is 12.8 Å². The molecular formula is C15H20N2O3S. The summed E-state index contributed by atoms with van der Waals surface area (Å²) in [5.41, 5.74) is 0.881. The molecule has 0 saturated carbocycles. The van der Waals surface area contributed by atoms with E-state index in [0.29, 0.717) is 37.2 Å². The van der Waals surface area contributed by atoms with E-state index in [9.17, 15) is 9.59 Å². The average Bonchev–Trinajstić information content (AvgIpc) is 2.90. The lowest BCUT2D eigenvalue weighted by molar-refractivity contribution is -0.140. The van der Waals surface area contributed by atoms with Gasteiger partial charge in [0.15, 0.2) is 5.13 Å². The number of esters is 1. The number of hydrogen-bond acceptors (Lipinski definition) is 5. The van der Waals surface area contributed by atoms with Crippen LogP contribution in [0.25, 0.3) is 0 Å². The highest BCUT2D eigenvalue weighted by Gasteiger charge is 2.07. The number of nitrogens with zero attached hydrogens (tertiary/aromatic N) is 1. The van der Waals surface area contributed by atoms with Crippen LogP contribution in [-0.2, 0) is 20.7 Å². The van der Waals surface area contributed by atoms with E-state index in [2.05, 4.69) is 21.0 Å². The van der Waals surface area contributed by atoms with Gasteiger partial charge in [-0.1, -0.05) is 0 Å². The number of nitrogens with one attached hydrogen (secondary N) is 1. The number of aryl methyl sites for hydroxylation is 1. The van der Waals surface area contributed by atoms with Crippen molar-refractivity contribution in [2.24, 2.45) is 0 Å². The van der Waals surface area contributed by atoms with Crippen LogP contribution in [0.1, 0.15) is 44.2 Å². The van der Waals surface area contributed by atoms with E-state index in [-0.39, 0.29) is 11.9 Å². The SMILES string of the molecule is C#CCCCCC(=O)Nc1nc(CCCC(=O)OC)cs1. The highest BCUT2D eigenvalue weighted by Crippen LogP contribution is 2.17. The molecule has 0 saturated heterocycles. The lowest BCUT2D eigenvalue weighted by Crippen LogP contribution is -2.10. The Balaban J connectivity index is 2.26. The van der Waals surface area contributed by atoms with E-state index in [1.54, 1.807) is 0 Å². The molecule has 1 aromatic rings. The number of hydrogen-bond donors (Lipinski definition) is 1. The number of terminal acetylenes is 1. The molecule has 1 aromatic heterocycles. The highest BCUT2D eigenvalue weighted by atomic mass is 32.1. The van der Waals surface area contributed by atoms with Crippen molar-refractivity contribution in [3.05, 3.63) is 11.1 Å². The second-order valence-electron chi connectivity index (χ2n) is 4.53. The molecule has 6 heteroatoms. The maximum absolute atomic E-state index is 11.7. The molecule has 1 heterocycles. The zero-order chi connectivity index (χ0) is 15.5. The Morgan fingerprint density at radius 3 is 2.90 bits per heavy atom. The molecule has 21 heavy (non-hydrogen) atoms. The van der Waals surface area contributed by atoms with Crippen molar-refractivity contribution in [3.8, 4) is 12.3 Å². The first-order valence-electron chi connectivity index (χ1n) is 6.90. The fourth-order valence-electron chi connectivity index (χ4n) is 1.69. The van der Waals surface area contributed by atoms with Crippen molar-refractivity contribution in [3.63, 3.8) is 0 Å². The number of rotatable bonds is 9. The number of methoxy groups -OCH3 is 1. The van der Waals surface area contributed by atoms with Crippen LogP contribution in [0.15, 0.2) is 5.38 Å². The van der Waals surface area contributed by atoms with Gasteiger partial charge in [0.1, 0.15) is 0 Å². The third-order valence-corrected chi connectivity index (χ3v) is 3.62. The number of thiazole rings is 1. The van der Waals surface area contributed by atoms with E-state index in [1.165, 1.54) is 18.4 Å². The zero-order valence-electron chi connectivity index (χ0n) is 12.2. The molecule has 1 rings (SSSR count). The van der Waals surface area contributed by atoms with Gasteiger partial charge in [-0.15, -0.1) is 23.7 Å². The topological polar surface area (TPSA) is 68.3 Å². The van der Waals surface area contributed by atoms with Crippen molar-refractivity contribution in [2.45, 2.75) is 44.9 Å². The van der Waals surface area contributed by atoms with Crippen molar-refractivity contribution < 1.29 is 14.3 Å². The molecule has 0 aliphatic heterocycles. The number of aromatic nitrogens is 1. The fraction of sp³-hybridized carbons (Fsp3) is 0.533. The molecule has 0 unspecified atom stereocenters. The summed E-state index contributed by atoms with van der Waals surface area (Å²) in [6.07, 6.45) is 9.73.